The highest BCUT2D eigenvalue weighted by Crippen LogP contribution is 2.26. The Balaban J connectivity index is 1.39. The van der Waals surface area contributed by atoms with Crippen LogP contribution in [0, 0.1) is 18.3 Å². The molecule has 4 amide bonds. The smallest absolute Gasteiger partial charge is 0.329 e. The molecule has 0 bridgehead atoms. The van der Waals surface area contributed by atoms with E-state index in [0.29, 0.717) is 17.8 Å². The number of carbonyl (C=O) groups is 3. The molecule has 0 aliphatic carbocycles. The van der Waals surface area contributed by atoms with E-state index >= 15 is 0 Å². The lowest BCUT2D eigenvalue weighted by Crippen LogP contribution is -2.38. The number of nitriles is 1. The molecular formula is C29H23N5O3. The number of nitrogens with zero attached hydrogens (tertiary/aromatic N) is 3. The summed E-state index contributed by atoms with van der Waals surface area (Å²) in [6.45, 7) is 2.01. The second-order valence-corrected chi connectivity index (χ2v) is 8.79. The molecule has 1 saturated heterocycles. The maximum atomic E-state index is 13.0. The fraction of sp³-hybridized carbons (Fsp3) is 0.103. The number of rotatable bonds is 6. The first-order valence-electron chi connectivity index (χ1n) is 11.7. The zero-order valence-corrected chi connectivity index (χ0v) is 20.1. The third-order valence-corrected chi connectivity index (χ3v) is 6.20. The molecule has 1 aliphatic rings. The highest BCUT2D eigenvalue weighted by molar-refractivity contribution is 6.16. The highest BCUT2D eigenvalue weighted by atomic mass is 16.2. The van der Waals surface area contributed by atoms with Gasteiger partial charge in [-0.25, -0.2) is 9.69 Å². The molecule has 182 valence electrons. The van der Waals surface area contributed by atoms with Crippen LogP contribution in [0.1, 0.15) is 22.3 Å². The Morgan fingerprint density at radius 3 is 2.54 bits per heavy atom. The lowest BCUT2D eigenvalue weighted by Gasteiger charge is -2.12. The summed E-state index contributed by atoms with van der Waals surface area (Å²) in [7, 11) is 0. The number of para-hydroxylation sites is 1. The number of aryl methyl sites for hydroxylation is 1. The Bertz CT molecular complexity index is 1610. The number of urea groups is 1. The minimum atomic E-state index is -0.651. The van der Waals surface area contributed by atoms with Crippen LogP contribution in [0.3, 0.4) is 0 Å². The van der Waals surface area contributed by atoms with Gasteiger partial charge in [0.05, 0.1) is 11.6 Å². The number of imide groups is 1. The molecule has 1 fully saturated rings. The Hall–Kier alpha value is -5.16. The second kappa shape index (κ2) is 9.84. The van der Waals surface area contributed by atoms with E-state index in [2.05, 4.69) is 16.7 Å². The molecule has 8 heteroatoms. The normalized spacial score (nSPS) is 14.2. The molecule has 0 atom stereocenters. The lowest BCUT2D eigenvalue weighted by atomic mass is 10.1. The van der Waals surface area contributed by atoms with Crippen LogP contribution in [-0.4, -0.2) is 33.9 Å². The molecule has 0 saturated carbocycles. The largest absolute Gasteiger partial charge is 0.342 e. The SMILES string of the molecule is Cc1ccc(NC(=O)CN2C(=O)N/C(=C/c3cn(Cc4ccccc4C#N)c4ccccc34)C2=O)cc1. The molecule has 0 spiro atoms. The number of benzene rings is 3. The Morgan fingerprint density at radius 1 is 1.03 bits per heavy atom. The van der Waals surface area contributed by atoms with Crippen LogP contribution in [0.2, 0.25) is 0 Å². The second-order valence-electron chi connectivity index (χ2n) is 8.79. The van der Waals surface area contributed by atoms with Gasteiger partial charge < -0.3 is 15.2 Å². The number of carbonyl (C=O) groups excluding carboxylic acids is 3. The molecule has 0 unspecified atom stereocenters. The third-order valence-electron chi connectivity index (χ3n) is 6.20. The summed E-state index contributed by atoms with van der Waals surface area (Å²) in [5, 5.41) is 15.6. The van der Waals surface area contributed by atoms with Crippen molar-refractivity contribution in [1.82, 2.24) is 14.8 Å². The maximum absolute atomic E-state index is 13.0. The number of aromatic nitrogens is 1. The van der Waals surface area contributed by atoms with E-state index in [0.717, 1.165) is 32.5 Å². The molecule has 3 aromatic carbocycles. The van der Waals surface area contributed by atoms with E-state index < -0.39 is 24.4 Å². The first-order chi connectivity index (χ1) is 17.9. The fourth-order valence-corrected chi connectivity index (χ4v) is 4.32. The predicted molar refractivity (Wildman–Crippen MR) is 140 cm³/mol. The van der Waals surface area contributed by atoms with E-state index in [-0.39, 0.29) is 5.70 Å². The van der Waals surface area contributed by atoms with E-state index in [1.165, 1.54) is 0 Å². The van der Waals surface area contributed by atoms with Crippen LogP contribution in [0.4, 0.5) is 10.5 Å². The van der Waals surface area contributed by atoms with Gasteiger partial charge in [0.1, 0.15) is 12.2 Å². The van der Waals surface area contributed by atoms with Gasteiger partial charge in [-0.2, -0.15) is 5.26 Å². The van der Waals surface area contributed by atoms with Crippen molar-refractivity contribution in [2.75, 3.05) is 11.9 Å². The van der Waals surface area contributed by atoms with Gasteiger partial charge in [-0.05, 0) is 42.8 Å². The van der Waals surface area contributed by atoms with Gasteiger partial charge >= 0.3 is 6.03 Å². The molecule has 1 aromatic heterocycles. The Kier molecular flexibility index (Phi) is 6.27. The molecule has 2 N–H and O–H groups in total. The minimum Gasteiger partial charge on any atom is -0.342 e. The maximum Gasteiger partial charge on any atom is 0.329 e. The average molecular weight is 490 g/mol. The van der Waals surface area contributed by atoms with E-state index in [9.17, 15) is 19.6 Å². The zero-order valence-electron chi connectivity index (χ0n) is 20.1. The van der Waals surface area contributed by atoms with Crippen molar-refractivity contribution in [3.8, 4) is 6.07 Å². The number of amides is 4. The number of hydrogen-bond acceptors (Lipinski definition) is 4. The number of hydrogen-bond donors (Lipinski definition) is 2. The molecule has 37 heavy (non-hydrogen) atoms. The summed E-state index contributed by atoms with van der Waals surface area (Å²) >= 11 is 0. The molecule has 8 nitrogen and oxygen atoms in total. The number of nitrogens with one attached hydrogen (secondary N) is 2. The summed E-state index contributed by atoms with van der Waals surface area (Å²) in [5.74, 6) is -1.04. The van der Waals surface area contributed by atoms with Crippen molar-refractivity contribution < 1.29 is 14.4 Å². The van der Waals surface area contributed by atoms with Crippen LogP contribution in [0.5, 0.6) is 0 Å². The standard InChI is InChI=1S/C29H23N5O3/c1-19-10-12-23(13-11-19)31-27(35)18-34-28(36)25(32-29(34)37)14-22-17-33(26-9-5-4-8-24(22)26)16-21-7-3-2-6-20(21)15-30/h2-14,17H,16,18H2,1H3,(H,31,35)(H,32,37)/b25-14+. The Morgan fingerprint density at radius 2 is 1.76 bits per heavy atom. The third kappa shape index (κ3) is 4.83. The van der Waals surface area contributed by atoms with Gasteiger partial charge in [0.25, 0.3) is 5.91 Å². The quantitative estimate of drug-likeness (QED) is 0.309. The van der Waals surface area contributed by atoms with Crippen LogP contribution in [-0.2, 0) is 16.1 Å². The minimum absolute atomic E-state index is 0.0912. The van der Waals surface area contributed by atoms with Crippen LogP contribution in [0.25, 0.3) is 17.0 Å². The molecule has 0 radical (unpaired) electrons. The van der Waals surface area contributed by atoms with Crippen LogP contribution < -0.4 is 10.6 Å². The summed E-state index contributed by atoms with van der Waals surface area (Å²) in [6, 6.07) is 23.9. The van der Waals surface area contributed by atoms with Gasteiger partial charge in [0.15, 0.2) is 0 Å². The lowest BCUT2D eigenvalue weighted by molar-refractivity contribution is -0.127. The van der Waals surface area contributed by atoms with Crippen LogP contribution in [0.15, 0.2) is 84.7 Å². The summed E-state index contributed by atoms with van der Waals surface area (Å²) < 4.78 is 2.01. The Labute approximate surface area is 213 Å². The zero-order chi connectivity index (χ0) is 25.9. The molecular weight excluding hydrogens is 466 g/mol. The van der Waals surface area contributed by atoms with Gasteiger partial charge in [-0.1, -0.05) is 54.1 Å². The summed E-state index contributed by atoms with van der Waals surface area (Å²) in [5.41, 5.74) is 4.86. The summed E-state index contributed by atoms with van der Waals surface area (Å²) in [6.07, 6.45) is 3.51. The van der Waals surface area contributed by atoms with Gasteiger partial charge in [0.2, 0.25) is 5.91 Å². The van der Waals surface area contributed by atoms with Crippen molar-refractivity contribution in [3.05, 3.63) is 107 Å². The topological polar surface area (TPSA) is 107 Å². The van der Waals surface area contributed by atoms with E-state index in [1.807, 2.05) is 72.3 Å². The van der Waals surface area contributed by atoms with E-state index in [4.69, 9.17) is 0 Å². The van der Waals surface area contributed by atoms with Crippen molar-refractivity contribution in [2.45, 2.75) is 13.5 Å². The van der Waals surface area contributed by atoms with Crippen molar-refractivity contribution in [3.63, 3.8) is 0 Å². The first-order valence-corrected chi connectivity index (χ1v) is 11.7. The van der Waals surface area contributed by atoms with Gasteiger partial charge in [0, 0.05) is 34.9 Å². The number of fused-ring (bicyclic) bond motifs is 1. The van der Waals surface area contributed by atoms with Crippen molar-refractivity contribution in [1.29, 1.82) is 5.26 Å². The monoisotopic (exact) mass is 489 g/mol. The predicted octanol–water partition coefficient (Wildman–Crippen LogP) is 4.40. The average Bonchev–Trinajstić information content (AvgIpc) is 3.37. The number of anilines is 1. The highest BCUT2D eigenvalue weighted by Gasteiger charge is 2.35. The molecule has 1 aliphatic heterocycles. The fourth-order valence-electron chi connectivity index (χ4n) is 4.32. The van der Waals surface area contributed by atoms with Crippen molar-refractivity contribution in [2.24, 2.45) is 0 Å². The molecule has 5 rings (SSSR count). The van der Waals surface area contributed by atoms with Crippen LogP contribution >= 0.6 is 0 Å². The summed E-state index contributed by atoms with van der Waals surface area (Å²) in [4.78, 5) is 38.9. The van der Waals surface area contributed by atoms with Gasteiger partial charge in [-0.3, -0.25) is 9.59 Å². The van der Waals surface area contributed by atoms with Crippen molar-refractivity contribution >= 4 is 40.5 Å². The molecule has 2 heterocycles. The van der Waals surface area contributed by atoms with Gasteiger partial charge in [-0.15, -0.1) is 0 Å². The van der Waals surface area contributed by atoms with E-state index in [1.54, 1.807) is 24.3 Å². The first kappa shape index (κ1) is 23.6. The molecule has 4 aromatic rings.